The molecule has 0 spiro atoms. The molecular formula is C22H29F2N7O. The van der Waals surface area contributed by atoms with Gasteiger partial charge in [-0.15, -0.1) is 0 Å². The number of alkyl halides is 2. The number of carbonyl (C=O) groups excluding carboxylic acids is 1. The fourth-order valence-corrected chi connectivity index (χ4v) is 4.33. The zero-order valence-corrected chi connectivity index (χ0v) is 18.8. The van der Waals surface area contributed by atoms with Crippen LogP contribution in [0, 0.1) is 11.8 Å². The van der Waals surface area contributed by atoms with Crippen molar-refractivity contribution in [3.63, 3.8) is 0 Å². The SMILES string of the molecule is CC(C)[C@H]1CC[C@H](n2cc(NC(=O)c3cnn4cc(N(C)C)cnc34)c(C(F)F)n2)CC1. The van der Waals surface area contributed by atoms with E-state index < -0.39 is 18.0 Å². The van der Waals surface area contributed by atoms with Crippen molar-refractivity contribution >= 4 is 22.9 Å². The lowest BCUT2D eigenvalue weighted by Crippen LogP contribution is -2.21. The van der Waals surface area contributed by atoms with Crippen molar-refractivity contribution in [2.24, 2.45) is 11.8 Å². The van der Waals surface area contributed by atoms with E-state index in [1.54, 1.807) is 17.1 Å². The van der Waals surface area contributed by atoms with Gasteiger partial charge in [-0.2, -0.15) is 10.2 Å². The lowest BCUT2D eigenvalue weighted by Gasteiger charge is -2.30. The molecule has 1 fully saturated rings. The Morgan fingerprint density at radius 2 is 1.88 bits per heavy atom. The second kappa shape index (κ2) is 8.84. The maximum atomic E-state index is 13.7. The zero-order chi connectivity index (χ0) is 23.0. The number of fused-ring (bicyclic) bond motifs is 1. The van der Waals surface area contributed by atoms with E-state index in [2.05, 4.69) is 34.3 Å². The van der Waals surface area contributed by atoms with Crippen molar-refractivity contribution in [1.29, 1.82) is 0 Å². The molecule has 0 saturated heterocycles. The molecule has 172 valence electrons. The van der Waals surface area contributed by atoms with Crippen LogP contribution >= 0.6 is 0 Å². The van der Waals surface area contributed by atoms with E-state index in [0.29, 0.717) is 17.5 Å². The van der Waals surface area contributed by atoms with Crippen molar-refractivity contribution in [2.45, 2.75) is 52.0 Å². The molecule has 1 aliphatic carbocycles. The number of hydrogen-bond acceptors (Lipinski definition) is 5. The van der Waals surface area contributed by atoms with Gasteiger partial charge in [-0.25, -0.2) is 18.3 Å². The van der Waals surface area contributed by atoms with Gasteiger partial charge in [-0.1, -0.05) is 13.8 Å². The van der Waals surface area contributed by atoms with Gasteiger partial charge in [0, 0.05) is 20.3 Å². The van der Waals surface area contributed by atoms with Gasteiger partial charge in [0.2, 0.25) is 0 Å². The van der Waals surface area contributed by atoms with E-state index in [0.717, 1.165) is 31.4 Å². The van der Waals surface area contributed by atoms with Crippen molar-refractivity contribution in [3.8, 4) is 0 Å². The first-order chi connectivity index (χ1) is 15.2. The van der Waals surface area contributed by atoms with Crippen LogP contribution in [-0.4, -0.2) is 44.4 Å². The largest absolute Gasteiger partial charge is 0.375 e. The van der Waals surface area contributed by atoms with Crippen LogP contribution < -0.4 is 10.2 Å². The van der Waals surface area contributed by atoms with Crippen LogP contribution in [0.1, 0.15) is 68.0 Å². The van der Waals surface area contributed by atoms with Crippen LogP contribution in [0.15, 0.2) is 24.8 Å². The van der Waals surface area contributed by atoms with Crippen LogP contribution in [-0.2, 0) is 0 Å². The Bertz CT molecular complexity index is 1100. The summed E-state index contributed by atoms with van der Waals surface area (Å²) in [6.45, 7) is 4.44. The van der Waals surface area contributed by atoms with Crippen molar-refractivity contribution in [2.75, 3.05) is 24.3 Å². The molecule has 0 radical (unpaired) electrons. The van der Waals surface area contributed by atoms with Crippen LogP contribution in [0.25, 0.3) is 5.65 Å². The monoisotopic (exact) mass is 445 g/mol. The van der Waals surface area contributed by atoms with Gasteiger partial charge in [0.05, 0.1) is 36.0 Å². The van der Waals surface area contributed by atoms with Crippen molar-refractivity contribution < 1.29 is 13.6 Å². The van der Waals surface area contributed by atoms with E-state index in [9.17, 15) is 13.6 Å². The lowest BCUT2D eigenvalue weighted by molar-refractivity contribution is 0.102. The number of carbonyl (C=O) groups is 1. The topological polar surface area (TPSA) is 80.4 Å². The van der Waals surface area contributed by atoms with Gasteiger partial charge in [0.1, 0.15) is 5.56 Å². The van der Waals surface area contributed by atoms with Gasteiger partial charge in [0.15, 0.2) is 11.3 Å². The van der Waals surface area contributed by atoms with Gasteiger partial charge in [0.25, 0.3) is 12.3 Å². The average Bonchev–Trinajstić information content (AvgIpc) is 3.37. The third-order valence-electron chi connectivity index (χ3n) is 6.38. The molecule has 8 nitrogen and oxygen atoms in total. The number of rotatable bonds is 6. The Balaban J connectivity index is 1.55. The number of halogens is 2. The standard InChI is InChI=1S/C22H29F2N7O/c1-13(2)14-5-7-15(8-6-14)30-12-18(19(28-30)20(23)24)27-22(32)17-10-26-31-11-16(29(3)4)9-25-21(17)31/h9-15,20H,5-8H2,1-4H3,(H,27,32)/t14-,15-. The van der Waals surface area contributed by atoms with Crippen LogP contribution in [0.5, 0.6) is 0 Å². The molecule has 32 heavy (non-hydrogen) atoms. The number of nitrogens with zero attached hydrogens (tertiary/aromatic N) is 6. The zero-order valence-electron chi connectivity index (χ0n) is 18.8. The highest BCUT2D eigenvalue weighted by Crippen LogP contribution is 2.37. The minimum absolute atomic E-state index is 0.0280. The molecule has 4 rings (SSSR count). The number of aromatic nitrogens is 5. The summed E-state index contributed by atoms with van der Waals surface area (Å²) in [5.74, 6) is 0.732. The van der Waals surface area contributed by atoms with Crippen LogP contribution in [0.2, 0.25) is 0 Å². The summed E-state index contributed by atoms with van der Waals surface area (Å²) in [7, 11) is 3.75. The molecule has 1 saturated carbocycles. The molecule has 0 unspecified atom stereocenters. The molecule has 0 bridgehead atoms. The van der Waals surface area contributed by atoms with Crippen molar-refractivity contribution in [1.82, 2.24) is 24.4 Å². The summed E-state index contributed by atoms with van der Waals surface area (Å²) in [6.07, 6.45) is 7.40. The Morgan fingerprint density at radius 3 is 2.50 bits per heavy atom. The van der Waals surface area contributed by atoms with Gasteiger partial charge < -0.3 is 10.2 Å². The molecule has 3 aromatic rings. The van der Waals surface area contributed by atoms with E-state index in [1.807, 2.05) is 19.0 Å². The highest BCUT2D eigenvalue weighted by atomic mass is 19.3. The smallest absolute Gasteiger partial charge is 0.284 e. The van der Waals surface area contributed by atoms with Gasteiger partial charge in [-0.3, -0.25) is 9.48 Å². The summed E-state index contributed by atoms with van der Waals surface area (Å²) in [4.78, 5) is 19.1. The third-order valence-corrected chi connectivity index (χ3v) is 6.38. The molecule has 0 atom stereocenters. The first kappa shape index (κ1) is 22.2. The molecule has 1 amide bonds. The van der Waals surface area contributed by atoms with Crippen LogP contribution in [0.3, 0.4) is 0 Å². The quantitative estimate of drug-likeness (QED) is 0.601. The Hall–Kier alpha value is -3.04. The minimum atomic E-state index is -2.79. The summed E-state index contributed by atoms with van der Waals surface area (Å²) < 4.78 is 30.5. The molecule has 0 aliphatic heterocycles. The summed E-state index contributed by atoms with van der Waals surface area (Å²) >= 11 is 0. The number of anilines is 2. The molecule has 1 aliphatic rings. The normalized spacial score (nSPS) is 19.1. The Morgan fingerprint density at radius 1 is 1.16 bits per heavy atom. The summed E-state index contributed by atoms with van der Waals surface area (Å²) in [6, 6.07) is 0.0660. The van der Waals surface area contributed by atoms with Crippen molar-refractivity contribution in [3.05, 3.63) is 36.0 Å². The molecule has 3 heterocycles. The molecule has 3 aromatic heterocycles. The fraction of sp³-hybridized carbons (Fsp3) is 0.545. The minimum Gasteiger partial charge on any atom is -0.375 e. The Labute approximate surface area is 185 Å². The van der Waals surface area contributed by atoms with E-state index in [4.69, 9.17) is 0 Å². The van der Waals surface area contributed by atoms with E-state index in [1.165, 1.54) is 16.9 Å². The number of amides is 1. The number of nitrogens with one attached hydrogen (secondary N) is 1. The molecule has 0 aromatic carbocycles. The first-order valence-electron chi connectivity index (χ1n) is 10.9. The predicted molar refractivity (Wildman–Crippen MR) is 118 cm³/mol. The Kier molecular flexibility index (Phi) is 6.12. The van der Waals surface area contributed by atoms with E-state index in [-0.39, 0.29) is 17.3 Å². The highest BCUT2D eigenvalue weighted by molar-refractivity contribution is 6.08. The van der Waals surface area contributed by atoms with E-state index >= 15 is 0 Å². The molecule has 10 heteroatoms. The lowest BCUT2D eigenvalue weighted by atomic mass is 9.80. The molecular weight excluding hydrogens is 416 g/mol. The molecule has 1 N–H and O–H groups in total. The third kappa shape index (κ3) is 4.31. The maximum Gasteiger partial charge on any atom is 0.284 e. The summed E-state index contributed by atoms with van der Waals surface area (Å²) in [5.41, 5.74) is 0.997. The summed E-state index contributed by atoms with van der Waals surface area (Å²) in [5, 5.41) is 10.9. The first-order valence-corrected chi connectivity index (χ1v) is 10.9. The average molecular weight is 446 g/mol. The van der Waals surface area contributed by atoms with Gasteiger partial charge >= 0.3 is 0 Å². The fourth-order valence-electron chi connectivity index (χ4n) is 4.33. The highest BCUT2D eigenvalue weighted by Gasteiger charge is 2.28. The second-order valence-electron chi connectivity index (χ2n) is 9.01. The maximum absolute atomic E-state index is 13.7. The number of hydrogen-bond donors (Lipinski definition) is 1. The predicted octanol–water partition coefficient (Wildman–Crippen LogP) is 4.57. The van der Waals surface area contributed by atoms with Gasteiger partial charge in [-0.05, 0) is 37.5 Å². The van der Waals surface area contributed by atoms with Crippen LogP contribution in [0.4, 0.5) is 20.2 Å². The second-order valence-corrected chi connectivity index (χ2v) is 9.01.